The molecule has 2 N–H and O–H groups in total. The molecule has 0 atom stereocenters. The van der Waals surface area contributed by atoms with E-state index in [0.29, 0.717) is 33.8 Å². The highest BCUT2D eigenvalue weighted by molar-refractivity contribution is 5.97. The third-order valence-electron chi connectivity index (χ3n) is 5.61. The van der Waals surface area contributed by atoms with Gasteiger partial charge in [0.2, 0.25) is 0 Å². The molecule has 3 aromatic carbocycles. The highest BCUT2D eigenvalue weighted by Crippen LogP contribution is 2.27. The number of hydrazone groups is 2. The van der Waals surface area contributed by atoms with Crippen molar-refractivity contribution in [1.29, 1.82) is 0 Å². The molecule has 0 heterocycles. The Bertz CT molecular complexity index is 1210. The zero-order chi connectivity index (χ0) is 27.7. The van der Waals surface area contributed by atoms with Crippen LogP contribution in [0.1, 0.15) is 31.8 Å². The molecule has 3 rings (SSSR count). The fraction of sp³-hybridized carbons (Fsp3) is 0.214. The molecule has 38 heavy (non-hydrogen) atoms. The molecule has 3 aromatic rings. The first-order valence-electron chi connectivity index (χ1n) is 11.7. The van der Waals surface area contributed by atoms with Crippen molar-refractivity contribution in [3.63, 3.8) is 0 Å². The number of anilines is 2. The molecule has 0 fully saturated rings. The predicted octanol–water partition coefficient (Wildman–Crippen LogP) is 3.36. The van der Waals surface area contributed by atoms with Crippen LogP contribution in [0.5, 0.6) is 11.5 Å². The van der Waals surface area contributed by atoms with Gasteiger partial charge < -0.3 is 19.3 Å². The summed E-state index contributed by atoms with van der Waals surface area (Å²) < 4.78 is 10.9. The van der Waals surface area contributed by atoms with Gasteiger partial charge in [-0.05, 0) is 60.7 Å². The van der Waals surface area contributed by atoms with E-state index in [1.165, 1.54) is 26.6 Å². The van der Waals surface area contributed by atoms with Crippen LogP contribution in [0.25, 0.3) is 0 Å². The normalized spacial score (nSPS) is 10.9. The number of ether oxygens (including phenoxy) is 2. The number of carbonyl (C=O) groups is 2. The summed E-state index contributed by atoms with van der Waals surface area (Å²) in [7, 11) is 10.8. The molecule has 0 unspecified atom stereocenters. The number of rotatable bonds is 10. The Kier molecular flexibility index (Phi) is 9.42. The van der Waals surface area contributed by atoms with Crippen molar-refractivity contribution in [2.45, 2.75) is 0 Å². The fourth-order valence-corrected chi connectivity index (χ4v) is 3.42. The van der Waals surface area contributed by atoms with Gasteiger partial charge in [-0.1, -0.05) is 0 Å². The second-order valence-corrected chi connectivity index (χ2v) is 8.62. The summed E-state index contributed by atoms with van der Waals surface area (Å²) >= 11 is 0. The van der Waals surface area contributed by atoms with Crippen molar-refractivity contribution in [1.82, 2.24) is 10.9 Å². The van der Waals surface area contributed by atoms with Gasteiger partial charge in [0.25, 0.3) is 11.8 Å². The van der Waals surface area contributed by atoms with Crippen molar-refractivity contribution in [2.75, 3.05) is 52.2 Å². The van der Waals surface area contributed by atoms with E-state index in [9.17, 15) is 9.59 Å². The van der Waals surface area contributed by atoms with Crippen LogP contribution < -0.4 is 30.1 Å². The minimum Gasteiger partial charge on any atom is -0.496 e. The van der Waals surface area contributed by atoms with Gasteiger partial charge in [0.05, 0.1) is 26.6 Å². The molecule has 198 valence electrons. The topological polar surface area (TPSA) is 108 Å². The summed E-state index contributed by atoms with van der Waals surface area (Å²) in [6.07, 6.45) is 2.93. The Balaban J connectivity index is 1.69. The van der Waals surface area contributed by atoms with Crippen LogP contribution in [0, 0.1) is 0 Å². The maximum atomic E-state index is 12.4. The largest absolute Gasteiger partial charge is 0.496 e. The van der Waals surface area contributed by atoms with Gasteiger partial charge in [-0.3, -0.25) is 9.59 Å². The Morgan fingerprint density at radius 1 is 0.658 bits per heavy atom. The van der Waals surface area contributed by atoms with Crippen LogP contribution in [0.4, 0.5) is 11.4 Å². The minimum absolute atomic E-state index is 0.340. The first kappa shape index (κ1) is 27.7. The maximum absolute atomic E-state index is 12.4. The monoisotopic (exact) mass is 516 g/mol. The second kappa shape index (κ2) is 12.9. The average molecular weight is 517 g/mol. The number of hydrogen-bond acceptors (Lipinski definition) is 8. The minimum atomic E-state index is -0.340. The molecule has 0 aliphatic rings. The molecule has 0 spiro atoms. The summed E-state index contributed by atoms with van der Waals surface area (Å²) in [5.41, 5.74) is 9.14. The number of benzene rings is 3. The molecule has 0 bridgehead atoms. The Hall–Kier alpha value is -4.86. The van der Waals surface area contributed by atoms with E-state index in [4.69, 9.17) is 9.47 Å². The quantitative estimate of drug-likeness (QED) is 0.316. The van der Waals surface area contributed by atoms with Gasteiger partial charge in [0.1, 0.15) is 11.5 Å². The molecule has 0 radical (unpaired) electrons. The molecule has 0 saturated carbocycles. The van der Waals surface area contributed by atoms with Crippen LogP contribution in [0.2, 0.25) is 0 Å². The summed E-state index contributed by atoms with van der Waals surface area (Å²) in [4.78, 5) is 28.7. The zero-order valence-electron chi connectivity index (χ0n) is 22.4. The van der Waals surface area contributed by atoms with Gasteiger partial charge in [-0.25, -0.2) is 10.9 Å². The van der Waals surface area contributed by atoms with Crippen LogP contribution in [-0.4, -0.2) is 66.7 Å². The second-order valence-electron chi connectivity index (χ2n) is 8.62. The fourth-order valence-electron chi connectivity index (χ4n) is 3.42. The van der Waals surface area contributed by atoms with Crippen molar-refractivity contribution in [3.05, 3.63) is 82.9 Å². The summed E-state index contributed by atoms with van der Waals surface area (Å²) in [6.45, 7) is 0. The van der Waals surface area contributed by atoms with E-state index in [1.807, 2.05) is 62.3 Å². The molecule has 0 saturated heterocycles. The molecule has 0 aromatic heterocycles. The van der Waals surface area contributed by atoms with E-state index in [0.717, 1.165) is 11.4 Å². The maximum Gasteiger partial charge on any atom is 0.271 e. The van der Waals surface area contributed by atoms with E-state index < -0.39 is 0 Å². The van der Waals surface area contributed by atoms with Crippen molar-refractivity contribution in [2.24, 2.45) is 10.2 Å². The summed E-state index contributed by atoms with van der Waals surface area (Å²) in [5.74, 6) is 0.277. The lowest BCUT2D eigenvalue weighted by Crippen LogP contribution is -2.18. The predicted molar refractivity (Wildman–Crippen MR) is 151 cm³/mol. The Morgan fingerprint density at radius 3 is 1.29 bits per heavy atom. The van der Waals surface area contributed by atoms with Crippen LogP contribution in [-0.2, 0) is 0 Å². The number of carbonyl (C=O) groups excluding carboxylic acids is 2. The highest BCUT2D eigenvalue weighted by Gasteiger charge is 2.11. The zero-order valence-corrected chi connectivity index (χ0v) is 22.4. The van der Waals surface area contributed by atoms with E-state index in [1.54, 1.807) is 36.4 Å². The van der Waals surface area contributed by atoms with E-state index >= 15 is 0 Å². The van der Waals surface area contributed by atoms with Crippen LogP contribution >= 0.6 is 0 Å². The molecule has 2 amide bonds. The standard InChI is InChI=1S/C28H32N6O4/c1-33(2)23-11-7-19(8-12-23)27(35)31-29-17-21-15-26(38-6)22(16-25(21)37-5)18-30-32-28(36)20-9-13-24(14-10-20)34(3)4/h7-18H,1-6H3,(H,31,35)(H,32,36). The molecule has 10 nitrogen and oxygen atoms in total. The van der Waals surface area contributed by atoms with Crippen molar-refractivity contribution < 1.29 is 19.1 Å². The highest BCUT2D eigenvalue weighted by atomic mass is 16.5. The Morgan fingerprint density at radius 2 is 1.00 bits per heavy atom. The smallest absolute Gasteiger partial charge is 0.271 e. The van der Waals surface area contributed by atoms with Crippen molar-refractivity contribution >= 4 is 35.6 Å². The van der Waals surface area contributed by atoms with Crippen LogP contribution in [0.3, 0.4) is 0 Å². The van der Waals surface area contributed by atoms with E-state index in [2.05, 4.69) is 21.1 Å². The van der Waals surface area contributed by atoms with E-state index in [-0.39, 0.29) is 11.8 Å². The van der Waals surface area contributed by atoms with Gasteiger partial charge in [-0.15, -0.1) is 0 Å². The number of hydrogen-bond donors (Lipinski definition) is 2. The third-order valence-corrected chi connectivity index (χ3v) is 5.61. The molecular weight excluding hydrogens is 484 g/mol. The summed E-state index contributed by atoms with van der Waals surface area (Å²) in [6, 6.07) is 17.8. The van der Waals surface area contributed by atoms with Crippen molar-refractivity contribution in [3.8, 4) is 11.5 Å². The SMILES string of the molecule is COc1cc(C=NNC(=O)c2ccc(N(C)C)cc2)c(OC)cc1C=NNC(=O)c1ccc(N(C)C)cc1. The number of nitrogens with zero attached hydrogens (tertiary/aromatic N) is 4. The average Bonchev–Trinajstić information content (AvgIpc) is 2.93. The van der Waals surface area contributed by atoms with Gasteiger partial charge >= 0.3 is 0 Å². The van der Waals surface area contributed by atoms with Gasteiger partial charge in [0.15, 0.2) is 0 Å². The van der Waals surface area contributed by atoms with Gasteiger partial charge in [0, 0.05) is 61.8 Å². The lowest BCUT2D eigenvalue weighted by molar-refractivity contribution is 0.0947. The summed E-state index contributed by atoms with van der Waals surface area (Å²) in [5, 5.41) is 8.12. The number of nitrogens with one attached hydrogen (secondary N) is 2. The number of amides is 2. The molecule has 10 heteroatoms. The molecular formula is C28H32N6O4. The third kappa shape index (κ3) is 7.10. The molecule has 0 aliphatic heterocycles. The first-order chi connectivity index (χ1) is 18.2. The lowest BCUT2D eigenvalue weighted by atomic mass is 10.1. The van der Waals surface area contributed by atoms with Gasteiger partial charge in [-0.2, -0.15) is 10.2 Å². The number of methoxy groups -OCH3 is 2. The lowest BCUT2D eigenvalue weighted by Gasteiger charge is -2.12. The van der Waals surface area contributed by atoms with Crippen LogP contribution in [0.15, 0.2) is 70.9 Å². The first-order valence-corrected chi connectivity index (χ1v) is 11.7. The Labute approximate surface area is 222 Å². The molecule has 0 aliphatic carbocycles.